The fraction of sp³-hybridized carbons (Fsp3) is 0.0476. The van der Waals surface area contributed by atoms with Gasteiger partial charge in [-0.05, 0) is 35.9 Å². The van der Waals surface area contributed by atoms with E-state index < -0.39 is 0 Å². The van der Waals surface area contributed by atoms with Gasteiger partial charge in [0, 0.05) is 42.8 Å². The SMILES string of the molecule is CNc1cc(-c2cncc(-c3ccc(F)cc3)c2)nc(-c2ccccn2)n1. The van der Waals surface area contributed by atoms with Gasteiger partial charge in [0.2, 0.25) is 0 Å². The summed E-state index contributed by atoms with van der Waals surface area (Å²) in [5, 5.41) is 3.06. The van der Waals surface area contributed by atoms with E-state index >= 15 is 0 Å². The van der Waals surface area contributed by atoms with Gasteiger partial charge in [0.25, 0.3) is 0 Å². The highest BCUT2D eigenvalue weighted by atomic mass is 19.1. The van der Waals surface area contributed by atoms with Crippen LogP contribution in [0.4, 0.5) is 10.2 Å². The average molecular weight is 357 g/mol. The van der Waals surface area contributed by atoms with Crippen LogP contribution in [0.3, 0.4) is 0 Å². The van der Waals surface area contributed by atoms with E-state index in [1.54, 1.807) is 30.7 Å². The van der Waals surface area contributed by atoms with Crippen molar-refractivity contribution in [2.24, 2.45) is 0 Å². The molecule has 0 spiro atoms. The summed E-state index contributed by atoms with van der Waals surface area (Å²) in [7, 11) is 1.81. The molecule has 0 fully saturated rings. The number of aromatic nitrogens is 4. The fourth-order valence-electron chi connectivity index (χ4n) is 2.71. The van der Waals surface area contributed by atoms with E-state index in [-0.39, 0.29) is 5.82 Å². The van der Waals surface area contributed by atoms with Crippen LogP contribution in [-0.4, -0.2) is 27.0 Å². The van der Waals surface area contributed by atoms with Crippen molar-refractivity contribution in [2.75, 3.05) is 12.4 Å². The molecule has 5 nitrogen and oxygen atoms in total. The summed E-state index contributed by atoms with van der Waals surface area (Å²) in [4.78, 5) is 17.8. The fourth-order valence-corrected chi connectivity index (χ4v) is 2.71. The Kier molecular flexibility index (Phi) is 4.53. The highest BCUT2D eigenvalue weighted by Gasteiger charge is 2.10. The molecule has 3 heterocycles. The first-order valence-electron chi connectivity index (χ1n) is 8.42. The minimum Gasteiger partial charge on any atom is -0.373 e. The van der Waals surface area contributed by atoms with Crippen molar-refractivity contribution < 1.29 is 4.39 Å². The minimum atomic E-state index is -0.266. The number of rotatable bonds is 4. The predicted octanol–water partition coefficient (Wildman–Crippen LogP) is 4.45. The number of nitrogens with one attached hydrogen (secondary N) is 1. The molecule has 1 aromatic carbocycles. The lowest BCUT2D eigenvalue weighted by atomic mass is 10.0. The molecule has 0 saturated heterocycles. The van der Waals surface area contributed by atoms with Crippen LogP contribution in [0.5, 0.6) is 0 Å². The minimum absolute atomic E-state index is 0.266. The molecular formula is C21H16FN5. The summed E-state index contributed by atoms with van der Waals surface area (Å²) in [5.41, 5.74) is 4.04. The summed E-state index contributed by atoms with van der Waals surface area (Å²) in [6.45, 7) is 0. The average Bonchev–Trinajstić information content (AvgIpc) is 2.74. The number of hydrogen-bond donors (Lipinski definition) is 1. The van der Waals surface area contributed by atoms with E-state index in [1.165, 1.54) is 12.1 Å². The summed E-state index contributed by atoms with van der Waals surface area (Å²) < 4.78 is 13.2. The van der Waals surface area contributed by atoms with Gasteiger partial charge in [-0.15, -0.1) is 0 Å². The van der Waals surface area contributed by atoms with Gasteiger partial charge in [-0.1, -0.05) is 18.2 Å². The molecule has 0 aliphatic carbocycles. The van der Waals surface area contributed by atoms with E-state index in [1.807, 2.05) is 37.4 Å². The van der Waals surface area contributed by atoms with E-state index in [0.29, 0.717) is 17.3 Å². The van der Waals surface area contributed by atoms with Gasteiger partial charge >= 0.3 is 0 Å². The monoisotopic (exact) mass is 357 g/mol. The molecular weight excluding hydrogens is 341 g/mol. The Morgan fingerprint density at radius 3 is 2.37 bits per heavy atom. The molecule has 4 rings (SSSR count). The van der Waals surface area contributed by atoms with Crippen LogP contribution in [0.15, 0.2) is 73.2 Å². The third-order valence-corrected chi connectivity index (χ3v) is 4.09. The Labute approximate surface area is 156 Å². The van der Waals surface area contributed by atoms with Gasteiger partial charge in [-0.3, -0.25) is 9.97 Å². The van der Waals surface area contributed by atoms with Crippen LogP contribution in [-0.2, 0) is 0 Å². The molecule has 3 aromatic heterocycles. The molecule has 0 aliphatic heterocycles. The van der Waals surface area contributed by atoms with Crippen molar-refractivity contribution in [2.45, 2.75) is 0 Å². The number of benzene rings is 1. The lowest BCUT2D eigenvalue weighted by Crippen LogP contribution is -2.00. The molecule has 0 saturated carbocycles. The van der Waals surface area contributed by atoms with Crippen molar-refractivity contribution in [3.63, 3.8) is 0 Å². The molecule has 0 atom stereocenters. The molecule has 0 unspecified atom stereocenters. The van der Waals surface area contributed by atoms with Crippen LogP contribution in [0.1, 0.15) is 0 Å². The highest BCUT2D eigenvalue weighted by Crippen LogP contribution is 2.27. The Hall–Kier alpha value is -3.67. The molecule has 4 aromatic rings. The zero-order valence-electron chi connectivity index (χ0n) is 14.6. The smallest absolute Gasteiger partial charge is 0.180 e. The van der Waals surface area contributed by atoms with Gasteiger partial charge < -0.3 is 5.32 Å². The molecule has 0 aliphatic rings. The summed E-state index contributed by atoms with van der Waals surface area (Å²) in [6, 6.07) is 15.8. The standard InChI is InChI=1S/C21H16FN5/c1-23-20-11-19(26-21(27-20)18-4-2-3-9-25-18)16-10-15(12-24-13-16)14-5-7-17(22)8-6-14/h2-13H,1H3,(H,23,26,27). The second-order valence-electron chi connectivity index (χ2n) is 5.90. The lowest BCUT2D eigenvalue weighted by Gasteiger charge is -2.09. The number of anilines is 1. The summed E-state index contributed by atoms with van der Waals surface area (Å²) in [6.07, 6.45) is 5.20. The number of halogens is 1. The van der Waals surface area contributed by atoms with Crippen molar-refractivity contribution in [3.05, 3.63) is 79.0 Å². The molecule has 0 radical (unpaired) electrons. The molecule has 6 heteroatoms. The summed E-state index contributed by atoms with van der Waals surface area (Å²) >= 11 is 0. The Morgan fingerprint density at radius 2 is 1.63 bits per heavy atom. The van der Waals surface area contributed by atoms with Crippen molar-refractivity contribution in [1.82, 2.24) is 19.9 Å². The van der Waals surface area contributed by atoms with Crippen LogP contribution < -0.4 is 5.32 Å². The third kappa shape index (κ3) is 3.64. The molecule has 1 N–H and O–H groups in total. The van der Waals surface area contributed by atoms with Gasteiger partial charge in [0.15, 0.2) is 5.82 Å². The van der Waals surface area contributed by atoms with Crippen LogP contribution in [0.25, 0.3) is 33.9 Å². The van der Waals surface area contributed by atoms with Crippen LogP contribution >= 0.6 is 0 Å². The first-order valence-corrected chi connectivity index (χ1v) is 8.42. The van der Waals surface area contributed by atoms with Gasteiger partial charge in [-0.25, -0.2) is 14.4 Å². The Balaban J connectivity index is 1.79. The first kappa shape index (κ1) is 16.8. The second kappa shape index (κ2) is 7.29. The molecule has 27 heavy (non-hydrogen) atoms. The van der Waals surface area contributed by atoms with E-state index in [2.05, 4.69) is 25.3 Å². The molecule has 0 amide bonds. The predicted molar refractivity (Wildman–Crippen MR) is 103 cm³/mol. The van der Waals surface area contributed by atoms with Gasteiger partial charge in [-0.2, -0.15) is 0 Å². The maximum absolute atomic E-state index is 13.2. The van der Waals surface area contributed by atoms with E-state index in [4.69, 9.17) is 0 Å². The van der Waals surface area contributed by atoms with E-state index in [0.717, 1.165) is 22.4 Å². The third-order valence-electron chi connectivity index (χ3n) is 4.09. The number of hydrogen-bond acceptors (Lipinski definition) is 5. The maximum Gasteiger partial charge on any atom is 0.180 e. The quantitative estimate of drug-likeness (QED) is 0.585. The van der Waals surface area contributed by atoms with Crippen molar-refractivity contribution >= 4 is 5.82 Å². The topological polar surface area (TPSA) is 63.6 Å². The zero-order chi connectivity index (χ0) is 18.6. The van der Waals surface area contributed by atoms with Gasteiger partial charge in [0.1, 0.15) is 17.3 Å². The van der Waals surface area contributed by atoms with E-state index in [9.17, 15) is 4.39 Å². The Bertz CT molecular complexity index is 1070. The normalized spacial score (nSPS) is 10.6. The molecule has 0 bridgehead atoms. The molecule has 132 valence electrons. The van der Waals surface area contributed by atoms with Crippen LogP contribution in [0, 0.1) is 5.82 Å². The van der Waals surface area contributed by atoms with Crippen molar-refractivity contribution in [1.29, 1.82) is 0 Å². The lowest BCUT2D eigenvalue weighted by molar-refractivity contribution is 0.628. The largest absolute Gasteiger partial charge is 0.373 e. The highest BCUT2D eigenvalue weighted by molar-refractivity contribution is 5.72. The van der Waals surface area contributed by atoms with Gasteiger partial charge in [0.05, 0.1) is 5.69 Å². The first-order chi connectivity index (χ1) is 13.2. The number of nitrogens with zero attached hydrogens (tertiary/aromatic N) is 4. The van der Waals surface area contributed by atoms with Crippen molar-refractivity contribution in [3.8, 4) is 33.9 Å². The summed E-state index contributed by atoms with van der Waals surface area (Å²) in [5.74, 6) is 0.954. The zero-order valence-corrected chi connectivity index (χ0v) is 14.6. The second-order valence-corrected chi connectivity index (χ2v) is 5.90. The van der Waals surface area contributed by atoms with Crippen LogP contribution in [0.2, 0.25) is 0 Å². The maximum atomic E-state index is 13.2. The number of pyridine rings is 2. The Morgan fingerprint density at radius 1 is 0.815 bits per heavy atom.